The van der Waals surface area contributed by atoms with Crippen LogP contribution in [-0.4, -0.2) is 24.1 Å². The maximum atomic E-state index is 6.55. The molecule has 2 aliphatic carbocycles. The lowest BCUT2D eigenvalue weighted by Gasteiger charge is -2.38. The Morgan fingerprint density at radius 2 is 1.87 bits per heavy atom. The van der Waals surface area contributed by atoms with Gasteiger partial charge in [-0.25, -0.2) is 0 Å². The summed E-state index contributed by atoms with van der Waals surface area (Å²) in [6.45, 7) is 6.65. The van der Waals surface area contributed by atoms with Crippen molar-refractivity contribution in [2.45, 2.75) is 31.5 Å². The maximum absolute atomic E-state index is 6.55. The molecule has 6 atom stereocenters. The van der Waals surface area contributed by atoms with Crippen LogP contribution in [0.2, 0.25) is 0 Å². The molecule has 1 aromatic carbocycles. The fourth-order valence-electron chi connectivity index (χ4n) is 5.45. The van der Waals surface area contributed by atoms with Crippen LogP contribution in [0.25, 0.3) is 0 Å². The van der Waals surface area contributed by atoms with Crippen molar-refractivity contribution in [1.29, 1.82) is 0 Å². The first kappa shape index (κ1) is 19.2. The monoisotopic (exact) mass is 398 g/mol. The molecule has 2 N–H and O–H groups in total. The zero-order valence-electron chi connectivity index (χ0n) is 17.7. The molecule has 1 aromatic rings. The van der Waals surface area contributed by atoms with Gasteiger partial charge in [0.2, 0.25) is 0 Å². The highest BCUT2D eigenvalue weighted by atomic mass is 16.5. The number of rotatable bonds is 2. The van der Waals surface area contributed by atoms with E-state index < -0.39 is 0 Å². The summed E-state index contributed by atoms with van der Waals surface area (Å²) in [5.74, 6) is 1.96. The number of fused-ring (bicyclic) bond motifs is 3. The average molecular weight is 399 g/mol. The minimum atomic E-state index is -0.0535. The van der Waals surface area contributed by atoms with Crippen LogP contribution < -0.4 is 5.73 Å². The third-order valence-corrected chi connectivity index (χ3v) is 7.04. The summed E-state index contributed by atoms with van der Waals surface area (Å²) in [7, 11) is 2.18. The van der Waals surface area contributed by atoms with E-state index in [1.807, 2.05) is 0 Å². The van der Waals surface area contributed by atoms with Gasteiger partial charge in [-0.2, -0.15) is 0 Å². The van der Waals surface area contributed by atoms with Crippen LogP contribution in [0, 0.1) is 17.8 Å². The molecule has 3 heteroatoms. The van der Waals surface area contributed by atoms with Crippen LogP contribution in [0.4, 0.5) is 0 Å². The van der Waals surface area contributed by atoms with Crippen LogP contribution in [0.15, 0.2) is 102 Å². The molecule has 0 aromatic heterocycles. The largest absolute Gasteiger partial charge is 0.489 e. The van der Waals surface area contributed by atoms with Gasteiger partial charge in [0.15, 0.2) is 0 Å². The second-order valence-corrected chi connectivity index (χ2v) is 8.88. The number of benzene rings is 1. The molecule has 0 bridgehead atoms. The van der Waals surface area contributed by atoms with E-state index in [0.717, 1.165) is 17.8 Å². The number of hydrogen-bond donors (Lipinski definition) is 1. The summed E-state index contributed by atoms with van der Waals surface area (Å²) in [6, 6.07) is 10.6. The summed E-state index contributed by atoms with van der Waals surface area (Å²) in [5.41, 5.74) is 11.5. The van der Waals surface area contributed by atoms with Crippen molar-refractivity contribution >= 4 is 0 Å². The molecule has 1 fully saturated rings. The summed E-state index contributed by atoms with van der Waals surface area (Å²) in [5, 5.41) is 0. The Morgan fingerprint density at radius 3 is 2.67 bits per heavy atom. The van der Waals surface area contributed by atoms with Crippen LogP contribution in [0.1, 0.15) is 24.9 Å². The van der Waals surface area contributed by atoms with Crippen molar-refractivity contribution in [2.75, 3.05) is 7.05 Å². The molecule has 0 amide bonds. The van der Waals surface area contributed by atoms with Gasteiger partial charge in [-0.1, -0.05) is 80.3 Å². The first-order valence-electron chi connectivity index (χ1n) is 10.9. The highest BCUT2D eigenvalue weighted by Crippen LogP contribution is 2.50. The van der Waals surface area contributed by atoms with Crippen molar-refractivity contribution in [3.63, 3.8) is 0 Å². The second kappa shape index (κ2) is 7.48. The molecule has 0 spiro atoms. The Balaban J connectivity index is 1.55. The maximum Gasteiger partial charge on any atom is 0.126 e. The number of hydrogen-bond acceptors (Lipinski definition) is 3. The molecule has 2 heterocycles. The minimum Gasteiger partial charge on any atom is -0.489 e. The normalized spacial score (nSPS) is 35.0. The van der Waals surface area contributed by atoms with E-state index in [-0.39, 0.29) is 30.0 Å². The van der Waals surface area contributed by atoms with Gasteiger partial charge in [0.25, 0.3) is 0 Å². The van der Waals surface area contributed by atoms with Crippen LogP contribution in [-0.2, 0) is 4.74 Å². The predicted molar refractivity (Wildman–Crippen MR) is 122 cm³/mol. The highest BCUT2D eigenvalue weighted by molar-refractivity contribution is 5.44. The third-order valence-electron chi connectivity index (χ3n) is 7.04. The summed E-state index contributed by atoms with van der Waals surface area (Å²) in [4.78, 5) is 2.39. The lowest BCUT2D eigenvalue weighted by atomic mass is 9.76. The first-order chi connectivity index (χ1) is 14.6. The second-order valence-electron chi connectivity index (χ2n) is 8.88. The van der Waals surface area contributed by atoms with Gasteiger partial charge in [-0.15, -0.1) is 0 Å². The van der Waals surface area contributed by atoms with E-state index in [2.05, 4.69) is 98.3 Å². The molecule has 5 unspecified atom stereocenters. The summed E-state index contributed by atoms with van der Waals surface area (Å²) < 4.78 is 6.43. The number of nitrogens with two attached hydrogens (primary N) is 1. The molecule has 0 saturated carbocycles. The van der Waals surface area contributed by atoms with Crippen LogP contribution >= 0.6 is 0 Å². The van der Waals surface area contributed by atoms with E-state index in [1.54, 1.807) is 0 Å². The summed E-state index contributed by atoms with van der Waals surface area (Å²) >= 11 is 0. The lowest BCUT2D eigenvalue weighted by molar-refractivity contribution is 0.143. The standard InChI is InChI=1S/C27H30N2O/c1-17-9-7-13-21-25-20(12-8-14-24(25)30-27(17)21)23-16-15-22(28)18(2)26(29(23)3)19-10-5-4-6-11-19/h4-14,16-17,20,22,25-27H,2,15,28H2,1,3H3/t17-,20?,22?,25?,26?,27?/m0/s1. The fraction of sp³-hybridized carbons (Fsp3) is 0.333. The molecule has 154 valence electrons. The lowest BCUT2D eigenvalue weighted by Crippen LogP contribution is -2.34. The minimum absolute atomic E-state index is 0.0535. The molecule has 5 rings (SSSR count). The van der Waals surface area contributed by atoms with Crippen molar-refractivity contribution in [3.05, 3.63) is 108 Å². The Bertz CT molecular complexity index is 997. The Hall–Kier alpha value is -2.78. The molecule has 1 saturated heterocycles. The van der Waals surface area contributed by atoms with Crippen molar-refractivity contribution in [3.8, 4) is 0 Å². The molecule has 3 nitrogen and oxygen atoms in total. The van der Waals surface area contributed by atoms with Gasteiger partial charge in [0.05, 0.1) is 12.0 Å². The number of allylic oxidation sites excluding steroid dienone is 6. The summed E-state index contributed by atoms with van der Waals surface area (Å²) in [6.07, 6.45) is 16.6. The van der Waals surface area contributed by atoms with Gasteiger partial charge in [0, 0.05) is 30.6 Å². The van der Waals surface area contributed by atoms with Crippen molar-refractivity contribution < 1.29 is 4.74 Å². The van der Waals surface area contributed by atoms with E-state index in [0.29, 0.717) is 5.92 Å². The van der Waals surface area contributed by atoms with Gasteiger partial charge < -0.3 is 15.4 Å². The molecule has 4 aliphatic rings. The molecule has 0 radical (unpaired) electrons. The van der Waals surface area contributed by atoms with Crippen molar-refractivity contribution in [2.24, 2.45) is 23.5 Å². The highest BCUT2D eigenvalue weighted by Gasteiger charge is 2.46. The van der Waals surface area contributed by atoms with Gasteiger partial charge in [-0.05, 0) is 29.2 Å². The van der Waals surface area contributed by atoms with Gasteiger partial charge >= 0.3 is 0 Å². The number of nitrogens with zero attached hydrogens (tertiary/aromatic N) is 1. The van der Waals surface area contributed by atoms with E-state index >= 15 is 0 Å². The van der Waals surface area contributed by atoms with Gasteiger partial charge in [-0.3, -0.25) is 0 Å². The first-order valence-corrected chi connectivity index (χ1v) is 10.9. The molecular weight excluding hydrogens is 368 g/mol. The fourth-order valence-corrected chi connectivity index (χ4v) is 5.45. The van der Waals surface area contributed by atoms with Crippen molar-refractivity contribution in [1.82, 2.24) is 4.90 Å². The van der Waals surface area contributed by atoms with Gasteiger partial charge in [0.1, 0.15) is 11.9 Å². The zero-order valence-corrected chi connectivity index (χ0v) is 17.7. The predicted octanol–water partition coefficient (Wildman–Crippen LogP) is 5.05. The van der Waals surface area contributed by atoms with E-state index in [1.165, 1.54) is 16.8 Å². The van der Waals surface area contributed by atoms with E-state index in [9.17, 15) is 0 Å². The quantitative estimate of drug-likeness (QED) is 0.709. The number of ether oxygens (including phenoxy) is 1. The topological polar surface area (TPSA) is 38.5 Å². The average Bonchev–Trinajstić information content (AvgIpc) is 3.10. The van der Waals surface area contributed by atoms with Crippen LogP contribution in [0.5, 0.6) is 0 Å². The molecular formula is C27H30N2O. The third kappa shape index (κ3) is 3.00. The SMILES string of the molecule is C=C1C(N)CC=C(C2C=CC=C3OC4C(=CC=C[C@@H]4C)C32)N(C)C1c1ccccc1. The smallest absolute Gasteiger partial charge is 0.126 e. The Morgan fingerprint density at radius 1 is 1.10 bits per heavy atom. The molecule has 30 heavy (non-hydrogen) atoms. The molecule has 2 aliphatic heterocycles. The van der Waals surface area contributed by atoms with E-state index in [4.69, 9.17) is 10.5 Å². The number of likely N-dealkylation sites (N-methyl/N-ethyl adjacent to an activating group) is 1. The zero-order chi connectivity index (χ0) is 20.8. The Labute approximate surface area is 179 Å². The Kier molecular flexibility index (Phi) is 4.79. The van der Waals surface area contributed by atoms with Crippen LogP contribution in [0.3, 0.4) is 0 Å².